The molecule has 2 rings (SSSR count). The van der Waals surface area contributed by atoms with Crippen molar-refractivity contribution in [3.8, 4) is 0 Å². The number of carbonyl (C=O) groups excluding carboxylic acids is 1. The summed E-state index contributed by atoms with van der Waals surface area (Å²) in [6.07, 6.45) is 3.62. The quantitative estimate of drug-likeness (QED) is 0.665. The highest BCUT2D eigenvalue weighted by molar-refractivity contribution is 5.78. The molecule has 4 heteroatoms. The van der Waals surface area contributed by atoms with E-state index in [0.29, 0.717) is 6.54 Å². The van der Waals surface area contributed by atoms with E-state index in [4.69, 9.17) is 0 Å². The van der Waals surface area contributed by atoms with Gasteiger partial charge in [-0.05, 0) is 38.3 Å². The van der Waals surface area contributed by atoms with E-state index < -0.39 is 0 Å². The number of hydrogen-bond donors (Lipinski definition) is 2. The smallest absolute Gasteiger partial charge is 0.234 e. The van der Waals surface area contributed by atoms with Gasteiger partial charge < -0.3 is 10.6 Å². The van der Waals surface area contributed by atoms with Crippen molar-refractivity contribution in [1.82, 2.24) is 15.5 Å². The molecule has 1 amide bonds. The summed E-state index contributed by atoms with van der Waals surface area (Å²) in [7, 11) is 0. The predicted molar refractivity (Wildman–Crippen MR) is 59.7 cm³/mol. The summed E-state index contributed by atoms with van der Waals surface area (Å²) in [5.41, 5.74) is 0. The maximum absolute atomic E-state index is 11.4. The molecule has 86 valence electrons. The zero-order chi connectivity index (χ0) is 10.5. The number of amides is 1. The van der Waals surface area contributed by atoms with E-state index in [1.807, 2.05) is 0 Å². The van der Waals surface area contributed by atoms with E-state index in [9.17, 15) is 4.79 Å². The van der Waals surface area contributed by atoms with E-state index in [-0.39, 0.29) is 5.91 Å². The topological polar surface area (TPSA) is 44.4 Å². The molecule has 15 heavy (non-hydrogen) atoms. The maximum Gasteiger partial charge on any atom is 0.234 e. The van der Waals surface area contributed by atoms with E-state index >= 15 is 0 Å². The summed E-state index contributed by atoms with van der Waals surface area (Å²) in [6, 6.07) is 0. The Morgan fingerprint density at radius 3 is 2.87 bits per heavy atom. The zero-order valence-electron chi connectivity index (χ0n) is 9.30. The molecule has 0 saturated carbocycles. The minimum atomic E-state index is 0.196. The van der Waals surface area contributed by atoms with E-state index in [2.05, 4.69) is 15.5 Å². The molecule has 4 nitrogen and oxygen atoms in total. The number of nitrogens with one attached hydrogen (secondary N) is 2. The van der Waals surface area contributed by atoms with Crippen LogP contribution in [0, 0.1) is 5.92 Å². The van der Waals surface area contributed by atoms with Crippen LogP contribution in [0.4, 0.5) is 0 Å². The minimum Gasteiger partial charge on any atom is -0.355 e. The van der Waals surface area contributed by atoms with Gasteiger partial charge in [-0.25, -0.2) is 0 Å². The Labute approximate surface area is 91.4 Å². The lowest BCUT2D eigenvalue weighted by Crippen LogP contribution is -2.39. The molecule has 2 saturated heterocycles. The van der Waals surface area contributed by atoms with Crippen molar-refractivity contribution in [2.24, 2.45) is 5.92 Å². The van der Waals surface area contributed by atoms with Crippen LogP contribution in [0.15, 0.2) is 0 Å². The van der Waals surface area contributed by atoms with Gasteiger partial charge in [0.2, 0.25) is 5.91 Å². The number of nitrogens with zero attached hydrogens (tertiary/aromatic N) is 1. The molecule has 2 heterocycles. The van der Waals surface area contributed by atoms with Crippen molar-refractivity contribution >= 4 is 5.91 Å². The Morgan fingerprint density at radius 1 is 1.27 bits per heavy atom. The molecule has 2 N–H and O–H groups in total. The van der Waals surface area contributed by atoms with Gasteiger partial charge in [0.05, 0.1) is 6.54 Å². The molecule has 2 fully saturated rings. The highest BCUT2D eigenvalue weighted by Crippen LogP contribution is 2.13. The molecule has 2 aliphatic heterocycles. The van der Waals surface area contributed by atoms with Crippen LogP contribution in [-0.4, -0.2) is 50.1 Å². The Kier molecular flexibility index (Phi) is 3.97. The van der Waals surface area contributed by atoms with Crippen molar-refractivity contribution in [1.29, 1.82) is 0 Å². The first-order valence-electron chi connectivity index (χ1n) is 6.04. The van der Waals surface area contributed by atoms with Gasteiger partial charge in [0.1, 0.15) is 0 Å². The van der Waals surface area contributed by atoms with Crippen LogP contribution in [0.5, 0.6) is 0 Å². The maximum atomic E-state index is 11.4. The first kappa shape index (κ1) is 10.9. The first-order chi connectivity index (χ1) is 7.34. The van der Waals surface area contributed by atoms with Crippen molar-refractivity contribution in [3.05, 3.63) is 0 Å². The molecular formula is C11H21N3O. The van der Waals surface area contributed by atoms with Crippen molar-refractivity contribution in [2.45, 2.75) is 19.3 Å². The highest BCUT2D eigenvalue weighted by atomic mass is 16.2. The number of carbonyl (C=O) groups is 1. The van der Waals surface area contributed by atoms with Crippen LogP contribution in [0.3, 0.4) is 0 Å². The van der Waals surface area contributed by atoms with Crippen LogP contribution in [0.25, 0.3) is 0 Å². The molecule has 0 aromatic rings. The minimum absolute atomic E-state index is 0.196. The third-order valence-corrected chi connectivity index (χ3v) is 3.32. The summed E-state index contributed by atoms with van der Waals surface area (Å²) in [5, 5.41) is 6.29. The Balaban J connectivity index is 1.78. The summed E-state index contributed by atoms with van der Waals surface area (Å²) >= 11 is 0. The Hall–Kier alpha value is -0.610. The third-order valence-electron chi connectivity index (χ3n) is 3.32. The Morgan fingerprint density at radius 2 is 2.07 bits per heavy atom. The van der Waals surface area contributed by atoms with Gasteiger partial charge in [-0.3, -0.25) is 9.69 Å². The lowest BCUT2D eigenvalue weighted by Gasteiger charge is -2.28. The van der Waals surface area contributed by atoms with Gasteiger partial charge in [0.15, 0.2) is 0 Å². The zero-order valence-corrected chi connectivity index (χ0v) is 9.30. The fourth-order valence-electron chi connectivity index (χ4n) is 2.45. The van der Waals surface area contributed by atoms with E-state index in [1.54, 1.807) is 0 Å². The van der Waals surface area contributed by atoms with Crippen LogP contribution in [0.1, 0.15) is 19.3 Å². The number of piperidine rings is 1. The first-order valence-corrected chi connectivity index (χ1v) is 6.04. The molecule has 0 aliphatic carbocycles. The van der Waals surface area contributed by atoms with Gasteiger partial charge in [-0.15, -0.1) is 0 Å². The molecule has 0 unspecified atom stereocenters. The predicted octanol–water partition coefficient (Wildman–Crippen LogP) is -0.192. The molecule has 0 atom stereocenters. The van der Waals surface area contributed by atoms with Gasteiger partial charge >= 0.3 is 0 Å². The van der Waals surface area contributed by atoms with Crippen LogP contribution in [0.2, 0.25) is 0 Å². The van der Waals surface area contributed by atoms with Gasteiger partial charge in [-0.2, -0.15) is 0 Å². The van der Waals surface area contributed by atoms with Crippen LogP contribution < -0.4 is 10.6 Å². The SMILES string of the molecule is O=C1CN(CC2CCNCC2)CCCN1. The number of hydrogen-bond acceptors (Lipinski definition) is 3. The lowest BCUT2D eigenvalue weighted by molar-refractivity contribution is -0.121. The summed E-state index contributed by atoms with van der Waals surface area (Å²) in [5.74, 6) is 0.985. The lowest BCUT2D eigenvalue weighted by atomic mass is 9.97. The molecule has 0 radical (unpaired) electrons. The van der Waals surface area contributed by atoms with Crippen molar-refractivity contribution in [3.63, 3.8) is 0 Å². The van der Waals surface area contributed by atoms with Crippen molar-refractivity contribution < 1.29 is 4.79 Å². The average molecular weight is 211 g/mol. The van der Waals surface area contributed by atoms with Gasteiger partial charge in [-0.1, -0.05) is 0 Å². The molecular weight excluding hydrogens is 190 g/mol. The van der Waals surface area contributed by atoms with E-state index in [1.165, 1.54) is 12.8 Å². The normalized spacial score (nSPS) is 26.0. The third kappa shape index (κ3) is 3.47. The molecule has 0 aromatic carbocycles. The van der Waals surface area contributed by atoms with Crippen LogP contribution >= 0.6 is 0 Å². The molecule has 0 aromatic heterocycles. The molecule has 0 spiro atoms. The summed E-state index contributed by atoms with van der Waals surface area (Å²) < 4.78 is 0. The monoisotopic (exact) mass is 211 g/mol. The molecule has 2 aliphatic rings. The van der Waals surface area contributed by atoms with Gasteiger partial charge in [0, 0.05) is 19.6 Å². The second-order valence-corrected chi connectivity index (χ2v) is 4.63. The summed E-state index contributed by atoms with van der Waals surface area (Å²) in [6.45, 7) is 5.92. The fraction of sp³-hybridized carbons (Fsp3) is 0.909. The Bertz CT molecular complexity index is 214. The largest absolute Gasteiger partial charge is 0.355 e. The van der Waals surface area contributed by atoms with E-state index in [0.717, 1.165) is 45.1 Å². The summed E-state index contributed by atoms with van der Waals surface area (Å²) in [4.78, 5) is 13.7. The van der Waals surface area contributed by atoms with Crippen molar-refractivity contribution in [2.75, 3.05) is 39.3 Å². The standard InChI is InChI=1S/C11H21N3O/c15-11-9-14(7-1-4-13-11)8-10-2-5-12-6-3-10/h10,12H,1-9H2,(H,13,15). The second kappa shape index (κ2) is 5.47. The fourth-order valence-corrected chi connectivity index (χ4v) is 2.45. The van der Waals surface area contributed by atoms with Crippen LogP contribution in [-0.2, 0) is 4.79 Å². The molecule has 0 bridgehead atoms. The number of rotatable bonds is 2. The average Bonchev–Trinajstić information content (AvgIpc) is 2.44. The second-order valence-electron chi connectivity index (χ2n) is 4.63. The van der Waals surface area contributed by atoms with Gasteiger partial charge in [0.25, 0.3) is 0 Å². The highest BCUT2D eigenvalue weighted by Gasteiger charge is 2.20.